The summed E-state index contributed by atoms with van der Waals surface area (Å²) in [5.74, 6) is -2.69. The number of anilines is 1. The maximum Gasteiger partial charge on any atom is 0.313 e. The smallest absolute Gasteiger partial charge is 0.313 e. The number of hydrogen-bond acceptors (Lipinski definition) is 3. The lowest BCUT2D eigenvalue weighted by Gasteiger charge is -2.15. The molecule has 2 N–H and O–H groups in total. The number of ether oxygens (including phenoxy) is 1. The van der Waals surface area contributed by atoms with Crippen molar-refractivity contribution >= 4 is 17.5 Å². The highest BCUT2D eigenvalue weighted by Crippen LogP contribution is 2.21. The van der Waals surface area contributed by atoms with Gasteiger partial charge in [-0.2, -0.15) is 0 Å². The molecular weight excluding hydrogens is 330 g/mol. The van der Waals surface area contributed by atoms with Gasteiger partial charge in [0.1, 0.15) is 17.4 Å². The van der Waals surface area contributed by atoms with E-state index in [0.717, 1.165) is 17.7 Å². The fraction of sp³-hybridized carbons (Fsp3) is 0.222. The summed E-state index contributed by atoms with van der Waals surface area (Å²) in [6.45, 7) is 3.26. The van der Waals surface area contributed by atoms with Crippen molar-refractivity contribution in [3.63, 3.8) is 0 Å². The molecule has 0 radical (unpaired) electrons. The van der Waals surface area contributed by atoms with Crippen LogP contribution in [0, 0.1) is 18.6 Å². The van der Waals surface area contributed by atoms with E-state index in [1.807, 2.05) is 0 Å². The Kier molecular flexibility index (Phi) is 5.69. The third kappa shape index (κ3) is 4.53. The standard InChI is InChI=1S/C18H18F2N2O3/c1-10-8-13(25-3)5-7-16(10)22-18(24)17(23)21-11(2)14-6-4-12(19)9-15(14)20/h4-9,11H,1-3H3,(H,21,23)(H,22,24)/t11-/m0/s1. The molecular formula is C18H18F2N2O3. The Labute approximate surface area is 144 Å². The van der Waals surface area contributed by atoms with Crippen LogP contribution >= 0.6 is 0 Å². The molecule has 0 aliphatic rings. The third-order valence-corrected chi connectivity index (χ3v) is 3.66. The molecule has 2 rings (SSSR count). The summed E-state index contributed by atoms with van der Waals surface area (Å²) >= 11 is 0. The Morgan fingerprint density at radius 1 is 1.08 bits per heavy atom. The lowest BCUT2D eigenvalue weighted by molar-refractivity contribution is -0.136. The maximum absolute atomic E-state index is 13.7. The molecule has 5 nitrogen and oxygen atoms in total. The number of aryl methyl sites for hydroxylation is 1. The largest absolute Gasteiger partial charge is 0.497 e. The van der Waals surface area contributed by atoms with Crippen molar-refractivity contribution in [2.45, 2.75) is 19.9 Å². The highest BCUT2D eigenvalue weighted by Gasteiger charge is 2.20. The van der Waals surface area contributed by atoms with Gasteiger partial charge >= 0.3 is 11.8 Å². The normalized spacial score (nSPS) is 11.6. The number of carbonyl (C=O) groups is 2. The average molecular weight is 348 g/mol. The molecule has 7 heteroatoms. The minimum atomic E-state index is -0.925. The van der Waals surface area contributed by atoms with E-state index < -0.39 is 29.5 Å². The second-order valence-electron chi connectivity index (χ2n) is 5.50. The van der Waals surface area contributed by atoms with Crippen molar-refractivity contribution in [2.24, 2.45) is 0 Å². The van der Waals surface area contributed by atoms with Crippen LogP contribution in [0.2, 0.25) is 0 Å². The second-order valence-corrected chi connectivity index (χ2v) is 5.50. The number of carbonyl (C=O) groups excluding carboxylic acids is 2. The van der Waals surface area contributed by atoms with Crippen molar-refractivity contribution < 1.29 is 23.1 Å². The predicted octanol–water partition coefficient (Wildman–Crippen LogP) is 3.10. The molecule has 0 spiro atoms. The van der Waals surface area contributed by atoms with E-state index in [1.165, 1.54) is 20.1 Å². The predicted molar refractivity (Wildman–Crippen MR) is 89.3 cm³/mol. The first-order valence-electron chi connectivity index (χ1n) is 7.53. The molecule has 0 fully saturated rings. The molecule has 0 heterocycles. The summed E-state index contributed by atoms with van der Waals surface area (Å²) in [5.41, 5.74) is 1.27. The van der Waals surface area contributed by atoms with E-state index in [1.54, 1.807) is 25.1 Å². The van der Waals surface area contributed by atoms with Crippen molar-refractivity contribution in [1.29, 1.82) is 0 Å². The zero-order valence-corrected chi connectivity index (χ0v) is 14.0. The molecule has 0 aliphatic carbocycles. The van der Waals surface area contributed by atoms with Gasteiger partial charge in [-0.25, -0.2) is 8.78 Å². The van der Waals surface area contributed by atoms with Crippen LogP contribution in [-0.4, -0.2) is 18.9 Å². The molecule has 0 aliphatic heterocycles. The van der Waals surface area contributed by atoms with Gasteiger partial charge in [0.25, 0.3) is 0 Å². The monoisotopic (exact) mass is 348 g/mol. The molecule has 0 saturated heterocycles. The number of amides is 2. The minimum Gasteiger partial charge on any atom is -0.497 e. The van der Waals surface area contributed by atoms with Gasteiger partial charge in [0.15, 0.2) is 0 Å². The molecule has 0 aromatic heterocycles. The van der Waals surface area contributed by atoms with Gasteiger partial charge in [-0.3, -0.25) is 9.59 Å². The summed E-state index contributed by atoms with van der Waals surface area (Å²) in [5, 5.41) is 4.86. The number of rotatable bonds is 4. The summed E-state index contributed by atoms with van der Waals surface area (Å²) in [4.78, 5) is 24.0. The Bertz CT molecular complexity index is 809. The zero-order chi connectivity index (χ0) is 18.6. The highest BCUT2D eigenvalue weighted by molar-refractivity contribution is 6.39. The lowest BCUT2D eigenvalue weighted by Crippen LogP contribution is -2.37. The van der Waals surface area contributed by atoms with Crippen LogP contribution in [0.25, 0.3) is 0 Å². The van der Waals surface area contributed by atoms with Crippen LogP contribution < -0.4 is 15.4 Å². The second kappa shape index (κ2) is 7.74. The first-order valence-corrected chi connectivity index (χ1v) is 7.53. The Morgan fingerprint density at radius 2 is 1.80 bits per heavy atom. The fourth-order valence-electron chi connectivity index (χ4n) is 2.28. The number of halogens is 2. The van der Waals surface area contributed by atoms with Crippen molar-refractivity contribution in [1.82, 2.24) is 5.32 Å². The number of benzene rings is 2. The van der Waals surface area contributed by atoms with Crippen LogP contribution in [-0.2, 0) is 9.59 Å². The Morgan fingerprint density at radius 3 is 2.40 bits per heavy atom. The van der Waals surface area contributed by atoms with Crippen molar-refractivity contribution in [2.75, 3.05) is 12.4 Å². The van der Waals surface area contributed by atoms with E-state index in [-0.39, 0.29) is 5.56 Å². The number of nitrogens with one attached hydrogen (secondary N) is 2. The first kappa shape index (κ1) is 18.4. The van der Waals surface area contributed by atoms with Crippen LogP contribution in [0.4, 0.5) is 14.5 Å². The molecule has 2 aromatic carbocycles. The van der Waals surface area contributed by atoms with E-state index in [9.17, 15) is 18.4 Å². The molecule has 0 bridgehead atoms. The fourth-order valence-corrected chi connectivity index (χ4v) is 2.28. The van der Waals surface area contributed by atoms with E-state index in [0.29, 0.717) is 11.4 Å². The van der Waals surface area contributed by atoms with Gasteiger partial charge in [-0.15, -0.1) is 0 Å². The number of methoxy groups -OCH3 is 1. The molecule has 2 amide bonds. The first-order chi connectivity index (χ1) is 11.8. The van der Waals surface area contributed by atoms with E-state index in [4.69, 9.17) is 4.74 Å². The van der Waals surface area contributed by atoms with Gasteiger partial charge in [0, 0.05) is 17.3 Å². The number of hydrogen-bond donors (Lipinski definition) is 2. The highest BCUT2D eigenvalue weighted by atomic mass is 19.1. The van der Waals surface area contributed by atoms with Crippen LogP contribution in [0.1, 0.15) is 24.1 Å². The lowest BCUT2D eigenvalue weighted by atomic mass is 10.1. The summed E-state index contributed by atoms with van der Waals surface area (Å²) < 4.78 is 31.7. The van der Waals surface area contributed by atoms with Crippen molar-refractivity contribution in [3.8, 4) is 5.75 Å². The Hall–Kier alpha value is -2.96. The average Bonchev–Trinajstić information content (AvgIpc) is 2.56. The molecule has 2 aromatic rings. The third-order valence-electron chi connectivity index (χ3n) is 3.66. The van der Waals surface area contributed by atoms with E-state index >= 15 is 0 Å². The van der Waals surface area contributed by atoms with Gasteiger partial charge in [-0.05, 0) is 43.7 Å². The maximum atomic E-state index is 13.7. The molecule has 1 atom stereocenters. The Balaban J connectivity index is 2.03. The molecule has 132 valence electrons. The van der Waals surface area contributed by atoms with Gasteiger partial charge < -0.3 is 15.4 Å². The summed E-state index contributed by atoms with van der Waals surface area (Å²) in [7, 11) is 1.52. The molecule has 25 heavy (non-hydrogen) atoms. The van der Waals surface area contributed by atoms with Gasteiger partial charge in [-0.1, -0.05) is 6.07 Å². The van der Waals surface area contributed by atoms with Crippen molar-refractivity contribution in [3.05, 3.63) is 59.2 Å². The van der Waals surface area contributed by atoms with Crippen LogP contribution in [0.15, 0.2) is 36.4 Å². The zero-order valence-electron chi connectivity index (χ0n) is 14.0. The molecule has 0 unspecified atom stereocenters. The quantitative estimate of drug-likeness (QED) is 0.835. The molecule has 0 saturated carbocycles. The summed E-state index contributed by atoms with van der Waals surface area (Å²) in [6, 6.07) is 7.21. The van der Waals surface area contributed by atoms with Gasteiger partial charge in [0.05, 0.1) is 13.2 Å². The van der Waals surface area contributed by atoms with Gasteiger partial charge in [0.2, 0.25) is 0 Å². The summed E-state index contributed by atoms with van der Waals surface area (Å²) in [6.07, 6.45) is 0. The topological polar surface area (TPSA) is 67.4 Å². The minimum absolute atomic E-state index is 0.0863. The van der Waals surface area contributed by atoms with Crippen LogP contribution in [0.5, 0.6) is 5.75 Å². The van der Waals surface area contributed by atoms with E-state index in [2.05, 4.69) is 10.6 Å². The van der Waals surface area contributed by atoms with Crippen LogP contribution in [0.3, 0.4) is 0 Å². The SMILES string of the molecule is COc1ccc(NC(=O)C(=O)N[C@@H](C)c2ccc(F)cc2F)c(C)c1.